The minimum Gasteiger partial charge on any atom is -0.389 e. The molecule has 0 saturated heterocycles. The van der Waals surface area contributed by atoms with Gasteiger partial charge in [0, 0.05) is 18.0 Å². The molecule has 2 rings (SSSR count). The summed E-state index contributed by atoms with van der Waals surface area (Å²) in [5.41, 5.74) is -0.0475. The van der Waals surface area contributed by atoms with Crippen molar-refractivity contribution < 1.29 is 5.11 Å². The van der Waals surface area contributed by atoms with Crippen LogP contribution in [0.2, 0.25) is 0 Å². The molecule has 102 valence electrons. The van der Waals surface area contributed by atoms with Gasteiger partial charge in [0.25, 0.3) is 0 Å². The third-order valence-electron chi connectivity index (χ3n) is 4.12. The molecule has 0 atom stereocenters. The van der Waals surface area contributed by atoms with Crippen LogP contribution in [0.4, 0.5) is 0 Å². The first kappa shape index (κ1) is 14.0. The van der Waals surface area contributed by atoms with Crippen molar-refractivity contribution in [3.05, 3.63) is 22.4 Å². The minimum absolute atomic E-state index is 0.420. The zero-order valence-electron chi connectivity index (χ0n) is 11.5. The molecule has 2 N–H and O–H groups in total. The van der Waals surface area contributed by atoms with Gasteiger partial charge in [0.1, 0.15) is 0 Å². The normalized spacial score (nSPS) is 21.9. The Labute approximate surface area is 114 Å². The van der Waals surface area contributed by atoms with E-state index in [2.05, 4.69) is 36.7 Å². The van der Waals surface area contributed by atoms with Crippen molar-refractivity contribution in [3.8, 4) is 0 Å². The van der Waals surface area contributed by atoms with Gasteiger partial charge in [0.15, 0.2) is 0 Å². The van der Waals surface area contributed by atoms with E-state index >= 15 is 0 Å². The second kappa shape index (κ2) is 5.72. The highest BCUT2D eigenvalue weighted by Gasteiger charge is 2.36. The van der Waals surface area contributed by atoms with E-state index in [1.807, 2.05) is 0 Å². The van der Waals surface area contributed by atoms with Crippen molar-refractivity contribution in [2.24, 2.45) is 5.41 Å². The molecular formula is C15H25NOS. The molecule has 0 spiro atoms. The van der Waals surface area contributed by atoms with Crippen LogP contribution in [0.5, 0.6) is 0 Å². The largest absolute Gasteiger partial charge is 0.389 e. The molecule has 18 heavy (non-hydrogen) atoms. The maximum absolute atomic E-state index is 10.5. The van der Waals surface area contributed by atoms with E-state index in [-0.39, 0.29) is 0 Å². The van der Waals surface area contributed by atoms with E-state index in [0.29, 0.717) is 5.41 Å². The summed E-state index contributed by atoms with van der Waals surface area (Å²) in [4.78, 5) is 1.42. The lowest BCUT2D eigenvalue weighted by Crippen LogP contribution is -2.45. The highest BCUT2D eigenvalue weighted by atomic mass is 32.1. The van der Waals surface area contributed by atoms with Crippen LogP contribution in [-0.4, -0.2) is 23.8 Å². The average Bonchev–Trinajstić information content (AvgIpc) is 2.83. The molecule has 1 aromatic heterocycles. The Kier molecular flexibility index (Phi) is 4.46. The lowest BCUT2D eigenvalue weighted by atomic mass is 9.71. The second-order valence-electron chi connectivity index (χ2n) is 6.39. The van der Waals surface area contributed by atoms with Crippen LogP contribution in [0.1, 0.15) is 44.4 Å². The van der Waals surface area contributed by atoms with Crippen LogP contribution in [-0.2, 0) is 6.42 Å². The topological polar surface area (TPSA) is 32.3 Å². The van der Waals surface area contributed by atoms with Crippen LogP contribution in [0.25, 0.3) is 0 Å². The molecule has 0 aliphatic heterocycles. The van der Waals surface area contributed by atoms with E-state index in [1.54, 1.807) is 11.3 Å². The Morgan fingerprint density at radius 3 is 2.61 bits per heavy atom. The molecule has 0 bridgehead atoms. The van der Waals surface area contributed by atoms with Crippen molar-refractivity contribution in [2.75, 3.05) is 13.1 Å². The van der Waals surface area contributed by atoms with Gasteiger partial charge in [-0.2, -0.15) is 0 Å². The predicted molar refractivity (Wildman–Crippen MR) is 78.1 cm³/mol. The van der Waals surface area contributed by atoms with E-state index in [1.165, 1.54) is 4.88 Å². The fourth-order valence-corrected chi connectivity index (χ4v) is 3.27. The maximum atomic E-state index is 10.5. The first-order chi connectivity index (χ1) is 8.49. The zero-order valence-corrected chi connectivity index (χ0v) is 12.4. The molecule has 0 unspecified atom stereocenters. The van der Waals surface area contributed by atoms with Crippen molar-refractivity contribution in [2.45, 2.75) is 51.6 Å². The Bertz CT molecular complexity index is 349. The predicted octanol–water partition coefficient (Wildman–Crippen LogP) is 3.21. The monoisotopic (exact) mass is 267 g/mol. The molecule has 0 amide bonds. The molecule has 0 radical (unpaired) electrons. The molecule has 1 aliphatic rings. The molecule has 3 heteroatoms. The molecule has 0 aromatic carbocycles. The summed E-state index contributed by atoms with van der Waals surface area (Å²) >= 11 is 1.81. The lowest BCUT2D eigenvalue weighted by molar-refractivity contribution is -0.0240. The van der Waals surface area contributed by atoms with Gasteiger partial charge in [0.2, 0.25) is 0 Å². The number of rotatable bonds is 5. The van der Waals surface area contributed by atoms with Crippen LogP contribution >= 0.6 is 11.3 Å². The molecule has 1 aliphatic carbocycles. The third-order valence-corrected chi connectivity index (χ3v) is 5.05. The molecule has 1 saturated carbocycles. The van der Waals surface area contributed by atoms with Gasteiger partial charge in [-0.3, -0.25) is 0 Å². The van der Waals surface area contributed by atoms with Gasteiger partial charge in [0.05, 0.1) is 5.60 Å². The van der Waals surface area contributed by atoms with Gasteiger partial charge in [-0.05, 0) is 49.0 Å². The zero-order chi connectivity index (χ0) is 13.1. The fraction of sp³-hybridized carbons (Fsp3) is 0.733. The summed E-state index contributed by atoms with van der Waals surface area (Å²) < 4.78 is 0. The summed E-state index contributed by atoms with van der Waals surface area (Å²) in [7, 11) is 0. The van der Waals surface area contributed by atoms with Gasteiger partial charge in [-0.15, -0.1) is 11.3 Å². The summed E-state index contributed by atoms with van der Waals surface area (Å²) in [5, 5.41) is 16.0. The van der Waals surface area contributed by atoms with Crippen LogP contribution < -0.4 is 5.32 Å². The lowest BCUT2D eigenvalue weighted by Gasteiger charge is -2.40. The van der Waals surface area contributed by atoms with Crippen LogP contribution in [0.3, 0.4) is 0 Å². The number of nitrogens with one attached hydrogen (secondary N) is 1. The Balaban J connectivity index is 1.67. The van der Waals surface area contributed by atoms with E-state index in [9.17, 15) is 5.11 Å². The molecule has 1 fully saturated rings. The molecular weight excluding hydrogens is 242 g/mol. The van der Waals surface area contributed by atoms with E-state index in [4.69, 9.17) is 0 Å². The summed E-state index contributed by atoms with van der Waals surface area (Å²) in [5.74, 6) is 0. The fourth-order valence-electron chi connectivity index (χ4n) is 2.56. The standard InChI is InChI=1S/C15H25NOS/c1-14(2)6-8-15(17,9-7-14)12-16-10-5-13-4-3-11-18-13/h3-4,11,16-17H,5-10,12H2,1-2H3. The van der Waals surface area contributed by atoms with Crippen molar-refractivity contribution in [1.82, 2.24) is 5.32 Å². The highest BCUT2D eigenvalue weighted by molar-refractivity contribution is 7.09. The minimum atomic E-state index is -0.467. The van der Waals surface area contributed by atoms with E-state index < -0.39 is 5.60 Å². The Morgan fingerprint density at radius 2 is 2.00 bits per heavy atom. The quantitative estimate of drug-likeness (QED) is 0.803. The maximum Gasteiger partial charge on any atom is 0.0772 e. The Hall–Kier alpha value is -0.380. The van der Waals surface area contributed by atoms with Crippen LogP contribution in [0, 0.1) is 5.41 Å². The summed E-state index contributed by atoms with van der Waals surface area (Å²) in [6.07, 6.45) is 5.21. The summed E-state index contributed by atoms with van der Waals surface area (Å²) in [6.45, 7) is 6.31. The molecule has 2 nitrogen and oxygen atoms in total. The number of thiophene rings is 1. The van der Waals surface area contributed by atoms with Crippen molar-refractivity contribution in [1.29, 1.82) is 0 Å². The Morgan fingerprint density at radius 1 is 1.28 bits per heavy atom. The van der Waals surface area contributed by atoms with Crippen LogP contribution in [0.15, 0.2) is 17.5 Å². The number of hydrogen-bond donors (Lipinski definition) is 2. The smallest absolute Gasteiger partial charge is 0.0772 e. The second-order valence-corrected chi connectivity index (χ2v) is 7.43. The average molecular weight is 267 g/mol. The number of aliphatic hydroxyl groups is 1. The summed E-state index contributed by atoms with van der Waals surface area (Å²) in [6, 6.07) is 4.26. The highest BCUT2D eigenvalue weighted by Crippen LogP contribution is 2.39. The third kappa shape index (κ3) is 4.08. The van der Waals surface area contributed by atoms with E-state index in [0.717, 1.165) is 45.2 Å². The van der Waals surface area contributed by atoms with Gasteiger partial charge in [-0.25, -0.2) is 0 Å². The van der Waals surface area contributed by atoms with Crippen molar-refractivity contribution >= 4 is 11.3 Å². The van der Waals surface area contributed by atoms with Gasteiger partial charge in [-0.1, -0.05) is 19.9 Å². The van der Waals surface area contributed by atoms with Gasteiger partial charge < -0.3 is 10.4 Å². The molecule has 1 aromatic rings. The van der Waals surface area contributed by atoms with Crippen molar-refractivity contribution in [3.63, 3.8) is 0 Å². The SMILES string of the molecule is CC1(C)CCC(O)(CNCCc2cccs2)CC1. The first-order valence-corrected chi connectivity index (χ1v) is 7.83. The number of hydrogen-bond acceptors (Lipinski definition) is 3. The van der Waals surface area contributed by atoms with Gasteiger partial charge >= 0.3 is 0 Å². The first-order valence-electron chi connectivity index (χ1n) is 6.95. The molecule has 1 heterocycles.